The quantitative estimate of drug-likeness (QED) is 0.791. The largest absolute Gasteiger partial charge is 0.494 e. The zero-order valence-corrected chi connectivity index (χ0v) is 11.9. The highest BCUT2D eigenvalue weighted by Gasteiger charge is 2.19. The number of halogens is 1. The molecule has 0 aliphatic carbocycles. The van der Waals surface area contributed by atoms with E-state index in [4.69, 9.17) is 14.6 Å². The van der Waals surface area contributed by atoms with Crippen LogP contribution in [0.5, 0.6) is 5.75 Å². The standard InChI is InChI=1S/C14H20FNO4/c1-10(16(6-7-19-2)9-14(17)18)11-4-5-13(20-3)12(15)8-11/h4-5,8,10H,6-7,9H2,1-3H3,(H,17,18). The van der Waals surface area contributed by atoms with Crippen LogP contribution in [-0.4, -0.2) is 49.9 Å². The van der Waals surface area contributed by atoms with E-state index < -0.39 is 11.8 Å². The van der Waals surface area contributed by atoms with Gasteiger partial charge in [0.2, 0.25) is 0 Å². The topological polar surface area (TPSA) is 59.0 Å². The summed E-state index contributed by atoms with van der Waals surface area (Å²) in [6.07, 6.45) is 0. The van der Waals surface area contributed by atoms with E-state index in [1.807, 2.05) is 6.92 Å². The third-order valence-electron chi connectivity index (χ3n) is 3.13. The molecule has 0 amide bonds. The molecule has 0 saturated heterocycles. The van der Waals surface area contributed by atoms with Gasteiger partial charge in [-0.2, -0.15) is 0 Å². The number of aliphatic carboxylic acids is 1. The van der Waals surface area contributed by atoms with Gasteiger partial charge in [0.25, 0.3) is 0 Å². The Kier molecular flexibility index (Phi) is 6.41. The van der Waals surface area contributed by atoms with Gasteiger partial charge in [0.15, 0.2) is 11.6 Å². The second-order valence-electron chi connectivity index (χ2n) is 4.43. The van der Waals surface area contributed by atoms with Gasteiger partial charge in [0.1, 0.15) is 0 Å². The number of nitrogens with zero attached hydrogens (tertiary/aromatic N) is 1. The van der Waals surface area contributed by atoms with Gasteiger partial charge in [-0.05, 0) is 24.6 Å². The SMILES string of the molecule is COCCN(CC(=O)O)C(C)c1ccc(OC)c(F)c1. The summed E-state index contributed by atoms with van der Waals surface area (Å²) in [7, 11) is 2.95. The second-order valence-corrected chi connectivity index (χ2v) is 4.43. The Morgan fingerprint density at radius 1 is 1.45 bits per heavy atom. The van der Waals surface area contributed by atoms with Crippen molar-refractivity contribution >= 4 is 5.97 Å². The van der Waals surface area contributed by atoms with Crippen LogP contribution in [0.25, 0.3) is 0 Å². The number of carbonyl (C=O) groups is 1. The van der Waals surface area contributed by atoms with Gasteiger partial charge in [-0.25, -0.2) is 4.39 Å². The monoisotopic (exact) mass is 285 g/mol. The molecule has 20 heavy (non-hydrogen) atoms. The van der Waals surface area contributed by atoms with Gasteiger partial charge in [-0.1, -0.05) is 6.07 Å². The molecule has 1 rings (SSSR count). The molecule has 6 heteroatoms. The lowest BCUT2D eigenvalue weighted by Crippen LogP contribution is -2.35. The van der Waals surface area contributed by atoms with Crippen molar-refractivity contribution in [2.24, 2.45) is 0 Å². The van der Waals surface area contributed by atoms with E-state index in [0.29, 0.717) is 18.7 Å². The maximum atomic E-state index is 13.7. The number of hydrogen-bond donors (Lipinski definition) is 1. The molecule has 0 bridgehead atoms. The van der Waals surface area contributed by atoms with E-state index in [0.717, 1.165) is 0 Å². The lowest BCUT2D eigenvalue weighted by Gasteiger charge is -2.27. The van der Waals surface area contributed by atoms with Crippen molar-refractivity contribution in [1.29, 1.82) is 0 Å². The molecule has 0 fully saturated rings. The Morgan fingerprint density at radius 3 is 2.65 bits per heavy atom. The van der Waals surface area contributed by atoms with Crippen LogP contribution in [0, 0.1) is 5.82 Å². The number of rotatable bonds is 8. The molecule has 0 heterocycles. The van der Waals surface area contributed by atoms with E-state index >= 15 is 0 Å². The van der Waals surface area contributed by atoms with Crippen molar-refractivity contribution in [1.82, 2.24) is 4.90 Å². The van der Waals surface area contributed by atoms with Gasteiger partial charge in [0, 0.05) is 19.7 Å². The average molecular weight is 285 g/mol. The first-order valence-electron chi connectivity index (χ1n) is 6.27. The highest BCUT2D eigenvalue weighted by Crippen LogP contribution is 2.25. The van der Waals surface area contributed by atoms with Crippen LogP contribution in [0.2, 0.25) is 0 Å². The fraction of sp³-hybridized carbons (Fsp3) is 0.500. The van der Waals surface area contributed by atoms with Crippen molar-refractivity contribution in [3.05, 3.63) is 29.6 Å². The maximum Gasteiger partial charge on any atom is 0.317 e. The number of methoxy groups -OCH3 is 2. The Morgan fingerprint density at radius 2 is 2.15 bits per heavy atom. The number of carboxylic acid groups (broad SMARTS) is 1. The lowest BCUT2D eigenvalue weighted by molar-refractivity contribution is -0.139. The van der Waals surface area contributed by atoms with Gasteiger partial charge < -0.3 is 14.6 Å². The smallest absolute Gasteiger partial charge is 0.317 e. The minimum absolute atomic E-state index is 0.127. The summed E-state index contributed by atoms with van der Waals surface area (Å²) < 4.78 is 23.5. The molecule has 0 radical (unpaired) electrons. The minimum Gasteiger partial charge on any atom is -0.494 e. The predicted molar refractivity (Wildman–Crippen MR) is 72.5 cm³/mol. The van der Waals surface area contributed by atoms with E-state index in [2.05, 4.69) is 0 Å². The van der Waals surface area contributed by atoms with E-state index in [1.165, 1.54) is 19.2 Å². The summed E-state index contributed by atoms with van der Waals surface area (Å²) in [5, 5.41) is 8.94. The molecule has 1 aromatic carbocycles. The van der Waals surface area contributed by atoms with Crippen LogP contribution in [0.1, 0.15) is 18.5 Å². The maximum absolute atomic E-state index is 13.7. The normalized spacial score (nSPS) is 12.4. The van der Waals surface area contributed by atoms with Crippen LogP contribution < -0.4 is 4.74 Å². The molecule has 0 spiro atoms. The molecule has 1 N–H and O–H groups in total. The van der Waals surface area contributed by atoms with Gasteiger partial charge >= 0.3 is 5.97 Å². The van der Waals surface area contributed by atoms with Crippen LogP contribution in [0.15, 0.2) is 18.2 Å². The Labute approximate surface area is 117 Å². The van der Waals surface area contributed by atoms with Crippen molar-refractivity contribution < 1.29 is 23.8 Å². The molecule has 1 aromatic rings. The van der Waals surface area contributed by atoms with Gasteiger partial charge in [-0.3, -0.25) is 9.69 Å². The Hall–Kier alpha value is -1.66. The molecule has 1 unspecified atom stereocenters. The molecule has 0 aromatic heterocycles. The molecule has 1 atom stereocenters. The molecule has 0 aliphatic rings. The summed E-state index contributed by atoms with van der Waals surface area (Å²) in [6, 6.07) is 4.40. The number of hydrogen-bond acceptors (Lipinski definition) is 4. The summed E-state index contributed by atoms with van der Waals surface area (Å²) in [6.45, 7) is 2.58. The molecule has 112 valence electrons. The Balaban J connectivity index is 2.89. The summed E-state index contributed by atoms with van der Waals surface area (Å²) in [5.74, 6) is -1.22. The Bertz CT molecular complexity index is 453. The van der Waals surface area contributed by atoms with Crippen LogP contribution >= 0.6 is 0 Å². The van der Waals surface area contributed by atoms with Crippen LogP contribution in [-0.2, 0) is 9.53 Å². The number of carboxylic acids is 1. The summed E-state index contributed by atoms with van der Waals surface area (Å²) in [5.41, 5.74) is 0.695. The number of ether oxygens (including phenoxy) is 2. The predicted octanol–water partition coefficient (Wildman–Crippen LogP) is 1.93. The number of benzene rings is 1. The fourth-order valence-corrected chi connectivity index (χ4v) is 1.95. The van der Waals surface area contributed by atoms with Crippen molar-refractivity contribution in [3.63, 3.8) is 0 Å². The molecular weight excluding hydrogens is 265 g/mol. The van der Waals surface area contributed by atoms with E-state index in [9.17, 15) is 9.18 Å². The van der Waals surface area contributed by atoms with Gasteiger partial charge in [-0.15, -0.1) is 0 Å². The molecule has 0 saturated carbocycles. The third-order valence-corrected chi connectivity index (χ3v) is 3.13. The zero-order chi connectivity index (χ0) is 15.1. The first-order valence-corrected chi connectivity index (χ1v) is 6.27. The molecular formula is C14H20FNO4. The zero-order valence-electron chi connectivity index (χ0n) is 11.9. The molecule has 5 nitrogen and oxygen atoms in total. The first-order chi connectivity index (χ1) is 9.49. The highest BCUT2D eigenvalue weighted by atomic mass is 19.1. The van der Waals surface area contributed by atoms with Crippen LogP contribution in [0.4, 0.5) is 4.39 Å². The lowest BCUT2D eigenvalue weighted by atomic mass is 10.1. The average Bonchev–Trinajstić information content (AvgIpc) is 2.42. The fourth-order valence-electron chi connectivity index (χ4n) is 1.95. The van der Waals surface area contributed by atoms with Crippen molar-refractivity contribution in [2.45, 2.75) is 13.0 Å². The first kappa shape index (κ1) is 16.4. The minimum atomic E-state index is -0.929. The molecule has 0 aliphatic heterocycles. The van der Waals surface area contributed by atoms with Crippen LogP contribution in [0.3, 0.4) is 0 Å². The van der Waals surface area contributed by atoms with Crippen molar-refractivity contribution in [2.75, 3.05) is 33.9 Å². The summed E-state index contributed by atoms with van der Waals surface area (Å²) in [4.78, 5) is 12.6. The van der Waals surface area contributed by atoms with Gasteiger partial charge in [0.05, 0.1) is 20.3 Å². The van der Waals surface area contributed by atoms with Crippen molar-refractivity contribution in [3.8, 4) is 5.75 Å². The van der Waals surface area contributed by atoms with E-state index in [-0.39, 0.29) is 18.3 Å². The van der Waals surface area contributed by atoms with E-state index in [1.54, 1.807) is 18.1 Å². The highest BCUT2D eigenvalue weighted by molar-refractivity contribution is 5.69. The third kappa shape index (κ3) is 4.47. The summed E-state index contributed by atoms with van der Waals surface area (Å²) >= 11 is 0. The second kappa shape index (κ2) is 7.81.